The Kier molecular flexibility index (Phi) is 4.89. The van der Waals surface area contributed by atoms with Crippen LogP contribution in [0.3, 0.4) is 0 Å². The van der Waals surface area contributed by atoms with E-state index < -0.39 is 11.4 Å². The molecular weight excluding hydrogens is 178 g/mol. The Labute approximate surface area is 84.8 Å². The Morgan fingerprint density at radius 1 is 1.71 bits per heavy atom. The van der Waals surface area contributed by atoms with Gasteiger partial charge in [0.2, 0.25) is 5.91 Å². The van der Waals surface area contributed by atoms with Gasteiger partial charge in [-0.05, 0) is 6.92 Å². The number of rotatable bonds is 5. The summed E-state index contributed by atoms with van der Waals surface area (Å²) in [4.78, 5) is 10.6. The molecular formula is C10H17N3O. The van der Waals surface area contributed by atoms with E-state index in [1.807, 2.05) is 20.8 Å². The highest BCUT2D eigenvalue weighted by Gasteiger charge is 2.21. The van der Waals surface area contributed by atoms with Gasteiger partial charge >= 0.3 is 0 Å². The largest absolute Gasteiger partial charge is 0.366 e. The Morgan fingerprint density at radius 3 is 2.64 bits per heavy atom. The van der Waals surface area contributed by atoms with E-state index in [1.54, 1.807) is 6.08 Å². The SMILES string of the molecule is CC(C)NC(C)(C=CC(N)=O)CC#N. The molecule has 1 unspecified atom stereocenters. The number of hydrogen-bond donors (Lipinski definition) is 2. The average molecular weight is 195 g/mol. The molecule has 0 aromatic rings. The van der Waals surface area contributed by atoms with E-state index in [9.17, 15) is 4.79 Å². The summed E-state index contributed by atoms with van der Waals surface area (Å²) in [7, 11) is 0. The molecule has 1 atom stereocenters. The monoisotopic (exact) mass is 195 g/mol. The Bertz CT molecular complexity index is 265. The first-order valence-corrected chi connectivity index (χ1v) is 4.53. The minimum absolute atomic E-state index is 0.242. The number of primary amides is 1. The van der Waals surface area contributed by atoms with Crippen LogP contribution in [-0.2, 0) is 4.79 Å². The van der Waals surface area contributed by atoms with Crippen molar-refractivity contribution in [3.63, 3.8) is 0 Å². The molecule has 4 nitrogen and oxygen atoms in total. The van der Waals surface area contributed by atoms with Crippen LogP contribution in [0.2, 0.25) is 0 Å². The minimum Gasteiger partial charge on any atom is -0.366 e. The van der Waals surface area contributed by atoms with Gasteiger partial charge in [0.1, 0.15) is 0 Å². The van der Waals surface area contributed by atoms with E-state index in [2.05, 4.69) is 11.4 Å². The van der Waals surface area contributed by atoms with Crippen LogP contribution in [0.5, 0.6) is 0 Å². The van der Waals surface area contributed by atoms with Gasteiger partial charge < -0.3 is 11.1 Å². The molecule has 0 rings (SSSR count). The van der Waals surface area contributed by atoms with E-state index in [1.165, 1.54) is 6.08 Å². The van der Waals surface area contributed by atoms with Crippen LogP contribution in [0.25, 0.3) is 0 Å². The highest BCUT2D eigenvalue weighted by molar-refractivity contribution is 5.85. The van der Waals surface area contributed by atoms with Crippen molar-refractivity contribution in [2.45, 2.75) is 38.8 Å². The number of nitriles is 1. The number of nitrogens with one attached hydrogen (secondary N) is 1. The van der Waals surface area contributed by atoms with Gasteiger partial charge in [0, 0.05) is 17.7 Å². The highest BCUT2D eigenvalue weighted by Crippen LogP contribution is 2.11. The molecule has 1 amide bonds. The highest BCUT2D eigenvalue weighted by atomic mass is 16.1. The third-order valence-electron chi connectivity index (χ3n) is 1.68. The second kappa shape index (κ2) is 5.40. The van der Waals surface area contributed by atoms with Gasteiger partial charge in [-0.1, -0.05) is 19.9 Å². The smallest absolute Gasteiger partial charge is 0.241 e. The van der Waals surface area contributed by atoms with Crippen LogP contribution < -0.4 is 11.1 Å². The van der Waals surface area contributed by atoms with Gasteiger partial charge in [-0.25, -0.2) is 0 Å². The summed E-state index contributed by atoms with van der Waals surface area (Å²) in [6, 6.07) is 2.31. The minimum atomic E-state index is -0.500. The number of nitrogens with two attached hydrogens (primary N) is 1. The van der Waals surface area contributed by atoms with Gasteiger partial charge in [0.25, 0.3) is 0 Å². The molecule has 0 heterocycles. The maximum Gasteiger partial charge on any atom is 0.241 e. The molecule has 0 bridgehead atoms. The second-order valence-corrected chi connectivity index (χ2v) is 3.79. The zero-order valence-corrected chi connectivity index (χ0v) is 8.87. The predicted molar refractivity (Wildman–Crippen MR) is 55.2 cm³/mol. The molecule has 0 aliphatic rings. The molecule has 0 aliphatic heterocycles. The van der Waals surface area contributed by atoms with Crippen molar-refractivity contribution in [3.05, 3.63) is 12.2 Å². The lowest BCUT2D eigenvalue weighted by Gasteiger charge is -2.27. The fourth-order valence-electron chi connectivity index (χ4n) is 1.25. The van der Waals surface area contributed by atoms with Crippen molar-refractivity contribution in [3.8, 4) is 6.07 Å². The average Bonchev–Trinajstić information content (AvgIpc) is 2.00. The van der Waals surface area contributed by atoms with Gasteiger partial charge in [-0.15, -0.1) is 0 Å². The second-order valence-electron chi connectivity index (χ2n) is 3.79. The predicted octanol–water partition coefficient (Wildman–Crippen LogP) is 0.698. The summed E-state index contributed by atoms with van der Waals surface area (Å²) in [5.74, 6) is -0.500. The third-order valence-corrected chi connectivity index (χ3v) is 1.68. The van der Waals surface area contributed by atoms with Gasteiger partial charge in [-0.3, -0.25) is 4.79 Å². The molecule has 14 heavy (non-hydrogen) atoms. The van der Waals surface area contributed by atoms with E-state index in [4.69, 9.17) is 11.0 Å². The van der Waals surface area contributed by atoms with Crippen molar-refractivity contribution in [2.24, 2.45) is 5.73 Å². The number of amides is 1. The topological polar surface area (TPSA) is 78.9 Å². The van der Waals surface area contributed by atoms with Crippen LogP contribution >= 0.6 is 0 Å². The van der Waals surface area contributed by atoms with Crippen LogP contribution in [0.15, 0.2) is 12.2 Å². The van der Waals surface area contributed by atoms with E-state index >= 15 is 0 Å². The fourth-order valence-corrected chi connectivity index (χ4v) is 1.25. The molecule has 0 aromatic heterocycles. The third kappa shape index (κ3) is 5.33. The van der Waals surface area contributed by atoms with Crippen molar-refractivity contribution < 1.29 is 4.79 Å². The first-order valence-electron chi connectivity index (χ1n) is 4.53. The lowest BCUT2D eigenvalue weighted by atomic mass is 9.97. The quantitative estimate of drug-likeness (QED) is 0.634. The normalized spacial score (nSPS) is 15.4. The van der Waals surface area contributed by atoms with Crippen LogP contribution in [0, 0.1) is 11.3 Å². The molecule has 0 saturated carbocycles. The lowest BCUT2D eigenvalue weighted by Crippen LogP contribution is -2.44. The lowest BCUT2D eigenvalue weighted by molar-refractivity contribution is -0.113. The summed E-state index contributed by atoms with van der Waals surface area (Å²) in [5, 5.41) is 11.8. The Balaban J connectivity index is 4.55. The van der Waals surface area contributed by atoms with Gasteiger partial charge in [0.05, 0.1) is 12.5 Å². The summed E-state index contributed by atoms with van der Waals surface area (Å²) in [6.07, 6.45) is 3.22. The van der Waals surface area contributed by atoms with Crippen LogP contribution in [-0.4, -0.2) is 17.5 Å². The maximum atomic E-state index is 10.6. The molecule has 0 fully saturated rings. The summed E-state index contributed by atoms with van der Waals surface area (Å²) < 4.78 is 0. The molecule has 4 heteroatoms. The molecule has 0 radical (unpaired) electrons. The van der Waals surface area contributed by atoms with E-state index in [0.29, 0.717) is 6.42 Å². The molecule has 0 spiro atoms. The van der Waals surface area contributed by atoms with Crippen molar-refractivity contribution >= 4 is 5.91 Å². The number of hydrogen-bond acceptors (Lipinski definition) is 3. The molecule has 0 saturated heterocycles. The fraction of sp³-hybridized carbons (Fsp3) is 0.600. The first kappa shape index (κ1) is 12.7. The zero-order chi connectivity index (χ0) is 11.2. The summed E-state index contributed by atoms with van der Waals surface area (Å²) >= 11 is 0. The summed E-state index contributed by atoms with van der Waals surface area (Å²) in [6.45, 7) is 5.82. The van der Waals surface area contributed by atoms with Crippen molar-refractivity contribution in [1.29, 1.82) is 5.26 Å². The first-order chi connectivity index (χ1) is 6.39. The summed E-state index contributed by atoms with van der Waals surface area (Å²) in [5.41, 5.74) is 4.50. The van der Waals surface area contributed by atoms with Crippen LogP contribution in [0.1, 0.15) is 27.2 Å². The standard InChI is InChI=1S/C10H17N3O/c1-8(2)13-10(3,6-7-11)5-4-9(12)14/h4-5,8,13H,6H2,1-3H3,(H2,12,14). The Morgan fingerprint density at radius 2 is 2.29 bits per heavy atom. The molecule has 78 valence electrons. The van der Waals surface area contributed by atoms with E-state index in [-0.39, 0.29) is 6.04 Å². The van der Waals surface area contributed by atoms with Gasteiger partial charge in [0.15, 0.2) is 0 Å². The van der Waals surface area contributed by atoms with Crippen molar-refractivity contribution in [2.75, 3.05) is 0 Å². The molecule has 3 N–H and O–H groups in total. The molecule has 0 aliphatic carbocycles. The number of carbonyl (C=O) groups excluding carboxylic acids is 1. The van der Waals surface area contributed by atoms with E-state index in [0.717, 1.165) is 0 Å². The van der Waals surface area contributed by atoms with Gasteiger partial charge in [-0.2, -0.15) is 5.26 Å². The number of carbonyl (C=O) groups is 1. The Hall–Kier alpha value is -1.34. The van der Waals surface area contributed by atoms with Crippen LogP contribution in [0.4, 0.5) is 0 Å². The number of nitrogens with zero attached hydrogens (tertiary/aromatic N) is 1. The molecule has 0 aromatic carbocycles. The zero-order valence-electron chi connectivity index (χ0n) is 8.87. The maximum absolute atomic E-state index is 10.6. The van der Waals surface area contributed by atoms with Crippen molar-refractivity contribution in [1.82, 2.24) is 5.32 Å².